The second-order valence-electron chi connectivity index (χ2n) is 3.91. The van der Waals surface area contributed by atoms with Crippen LogP contribution in [0.3, 0.4) is 0 Å². The molecule has 2 N–H and O–H groups in total. The Hall–Kier alpha value is -2.68. The third kappa shape index (κ3) is 4.24. The molecule has 0 aliphatic carbocycles. The van der Waals surface area contributed by atoms with Crippen LogP contribution in [0.15, 0.2) is 61.1 Å². The van der Waals surface area contributed by atoms with Crippen LogP contribution in [0.5, 0.6) is 0 Å². The van der Waals surface area contributed by atoms with Crippen LogP contribution in [-0.4, -0.2) is 11.2 Å². The average Bonchev–Trinajstić information content (AvgIpc) is 2.48. The highest BCUT2D eigenvalue weighted by atomic mass is 14.8. The Bertz CT molecular complexity index is 569. The van der Waals surface area contributed by atoms with E-state index >= 15 is 0 Å². The number of pyridine rings is 1. The minimum Gasteiger partial charge on any atom is -0.362 e. The Morgan fingerprint density at radius 1 is 0.895 bits per heavy atom. The summed E-state index contributed by atoms with van der Waals surface area (Å²) < 4.78 is 0. The molecule has 94 valence electrons. The predicted octanol–water partition coefficient (Wildman–Crippen LogP) is 3.83. The van der Waals surface area contributed by atoms with Gasteiger partial charge in [-0.15, -0.1) is 0 Å². The smallest absolute Gasteiger partial charge is 0.0380 e. The van der Waals surface area contributed by atoms with E-state index in [2.05, 4.69) is 22.5 Å². The maximum atomic E-state index is 6.87. The number of anilines is 1. The highest BCUT2D eigenvalue weighted by Gasteiger charge is 1.90. The summed E-state index contributed by atoms with van der Waals surface area (Å²) in [5, 5.41) is 9.96. The molecule has 3 nitrogen and oxygen atoms in total. The molecule has 0 spiro atoms. The quantitative estimate of drug-likeness (QED) is 0.791. The number of nitrogens with zero attached hydrogens (tertiary/aromatic N) is 1. The highest BCUT2D eigenvalue weighted by molar-refractivity contribution is 5.71. The first-order chi connectivity index (χ1) is 9.38. The SMILES string of the molecule is N=C/C=C\Nc1ccc(/C=C/c2ccncc2)cc1. The van der Waals surface area contributed by atoms with Gasteiger partial charge in [-0.25, -0.2) is 0 Å². The van der Waals surface area contributed by atoms with Gasteiger partial charge in [0.2, 0.25) is 0 Å². The summed E-state index contributed by atoms with van der Waals surface area (Å²) in [7, 11) is 0. The molecule has 19 heavy (non-hydrogen) atoms. The zero-order valence-electron chi connectivity index (χ0n) is 10.5. The number of aromatic nitrogens is 1. The van der Waals surface area contributed by atoms with E-state index in [0.717, 1.165) is 16.8 Å². The van der Waals surface area contributed by atoms with Gasteiger partial charge in [-0.2, -0.15) is 0 Å². The lowest BCUT2D eigenvalue weighted by Gasteiger charge is -2.00. The van der Waals surface area contributed by atoms with Crippen LogP contribution < -0.4 is 5.32 Å². The van der Waals surface area contributed by atoms with E-state index in [9.17, 15) is 0 Å². The van der Waals surface area contributed by atoms with E-state index in [4.69, 9.17) is 5.41 Å². The maximum Gasteiger partial charge on any atom is 0.0380 e. The van der Waals surface area contributed by atoms with Crippen LogP contribution in [0.25, 0.3) is 12.2 Å². The first-order valence-corrected chi connectivity index (χ1v) is 5.99. The van der Waals surface area contributed by atoms with E-state index in [1.165, 1.54) is 6.21 Å². The first kappa shape index (κ1) is 12.8. The summed E-state index contributed by atoms with van der Waals surface area (Å²) in [6, 6.07) is 12.0. The van der Waals surface area contributed by atoms with E-state index in [1.807, 2.05) is 36.4 Å². The molecule has 0 unspecified atom stereocenters. The van der Waals surface area contributed by atoms with Crippen LogP contribution in [0.1, 0.15) is 11.1 Å². The Balaban J connectivity index is 2.00. The Morgan fingerprint density at radius 2 is 1.53 bits per heavy atom. The molecule has 1 aromatic heterocycles. The Morgan fingerprint density at radius 3 is 2.16 bits per heavy atom. The summed E-state index contributed by atoms with van der Waals surface area (Å²) in [5.41, 5.74) is 3.27. The van der Waals surface area contributed by atoms with E-state index < -0.39 is 0 Å². The third-order valence-corrected chi connectivity index (χ3v) is 2.53. The predicted molar refractivity (Wildman–Crippen MR) is 81.2 cm³/mol. The van der Waals surface area contributed by atoms with Crippen molar-refractivity contribution in [3.63, 3.8) is 0 Å². The van der Waals surface area contributed by atoms with Crippen molar-refractivity contribution in [3.8, 4) is 0 Å². The summed E-state index contributed by atoms with van der Waals surface area (Å²) in [4.78, 5) is 3.98. The molecular formula is C16H15N3. The summed E-state index contributed by atoms with van der Waals surface area (Å²) in [6.07, 6.45) is 12.3. The molecular weight excluding hydrogens is 234 g/mol. The van der Waals surface area contributed by atoms with Gasteiger partial charge in [0, 0.05) is 30.5 Å². The van der Waals surface area contributed by atoms with Crippen molar-refractivity contribution in [2.45, 2.75) is 0 Å². The maximum absolute atomic E-state index is 6.87. The lowest BCUT2D eigenvalue weighted by atomic mass is 10.1. The van der Waals surface area contributed by atoms with Crippen molar-refractivity contribution >= 4 is 24.1 Å². The van der Waals surface area contributed by atoms with Gasteiger partial charge in [-0.1, -0.05) is 24.3 Å². The van der Waals surface area contributed by atoms with Crippen molar-refractivity contribution < 1.29 is 0 Å². The zero-order chi connectivity index (χ0) is 13.3. The minimum absolute atomic E-state index is 0.999. The third-order valence-electron chi connectivity index (χ3n) is 2.53. The number of hydrogen-bond acceptors (Lipinski definition) is 3. The van der Waals surface area contributed by atoms with Gasteiger partial charge in [0.1, 0.15) is 0 Å². The number of allylic oxidation sites excluding steroid dienone is 1. The van der Waals surface area contributed by atoms with Gasteiger partial charge in [0.25, 0.3) is 0 Å². The largest absolute Gasteiger partial charge is 0.362 e. The van der Waals surface area contributed by atoms with Crippen LogP contribution in [0.4, 0.5) is 5.69 Å². The molecule has 0 radical (unpaired) electrons. The molecule has 0 saturated carbocycles. The lowest BCUT2D eigenvalue weighted by molar-refractivity contribution is 1.32. The van der Waals surface area contributed by atoms with Crippen LogP contribution >= 0.6 is 0 Å². The molecule has 0 saturated heterocycles. The van der Waals surface area contributed by atoms with E-state index in [0.29, 0.717) is 0 Å². The number of benzene rings is 1. The zero-order valence-corrected chi connectivity index (χ0v) is 10.5. The number of rotatable bonds is 5. The summed E-state index contributed by atoms with van der Waals surface area (Å²) >= 11 is 0. The first-order valence-electron chi connectivity index (χ1n) is 5.99. The van der Waals surface area contributed by atoms with Crippen LogP contribution in [0, 0.1) is 5.41 Å². The summed E-state index contributed by atoms with van der Waals surface area (Å²) in [5.74, 6) is 0. The monoisotopic (exact) mass is 249 g/mol. The van der Waals surface area contributed by atoms with Gasteiger partial charge in [-0.3, -0.25) is 4.98 Å². The van der Waals surface area contributed by atoms with Gasteiger partial charge in [0.05, 0.1) is 0 Å². The van der Waals surface area contributed by atoms with E-state index in [1.54, 1.807) is 24.7 Å². The van der Waals surface area contributed by atoms with Crippen molar-refractivity contribution in [1.82, 2.24) is 4.98 Å². The normalized spacial score (nSPS) is 10.9. The molecule has 3 heteroatoms. The molecule has 0 bridgehead atoms. The molecule has 0 fully saturated rings. The second kappa shape index (κ2) is 6.91. The number of hydrogen-bond donors (Lipinski definition) is 2. The fourth-order valence-corrected chi connectivity index (χ4v) is 1.55. The molecule has 0 aliphatic heterocycles. The topological polar surface area (TPSA) is 48.8 Å². The van der Waals surface area contributed by atoms with Gasteiger partial charge in [0.15, 0.2) is 0 Å². The second-order valence-corrected chi connectivity index (χ2v) is 3.91. The van der Waals surface area contributed by atoms with Crippen molar-refractivity contribution in [3.05, 3.63) is 72.2 Å². The van der Waals surface area contributed by atoms with Crippen molar-refractivity contribution in [2.24, 2.45) is 0 Å². The number of nitrogens with one attached hydrogen (secondary N) is 2. The van der Waals surface area contributed by atoms with Crippen molar-refractivity contribution in [2.75, 3.05) is 5.32 Å². The standard InChI is InChI=1S/C16H15N3/c17-10-1-11-19-16-6-4-14(5-7-16)2-3-15-8-12-18-13-9-15/h1-13,17,19H/b3-2+,11-1-,17-10?. The van der Waals surface area contributed by atoms with E-state index in [-0.39, 0.29) is 0 Å². The Labute approximate surface area is 112 Å². The highest BCUT2D eigenvalue weighted by Crippen LogP contribution is 2.12. The summed E-state index contributed by atoms with van der Waals surface area (Å²) in [6.45, 7) is 0. The Kier molecular flexibility index (Phi) is 4.64. The average molecular weight is 249 g/mol. The molecule has 2 rings (SSSR count). The fourth-order valence-electron chi connectivity index (χ4n) is 1.55. The minimum atomic E-state index is 0.999. The van der Waals surface area contributed by atoms with Gasteiger partial charge >= 0.3 is 0 Å². The van der Waals surface area contributed by atoms with Crippen LogP contribution in [0.2, 0.25) is 0 Å². The van der Waals surface area contributed by atoms with Gasteiger partial charge < -0.3 is 10.7 Å². The molecule has 0 aliphatic rings. The molecule has 1 heterocycles. The lowest BCUT2D eigenvalue weighted by Crippen LogP contribution is -1.86. The molecule has 1 aromatic carbocycles. The molecule has 0 amide bonds. The molecule has 2 aromatic rings. The van der Waals surface area contributed by atoms with Gasteiger partial charge in [-0.05, 0) is 41.5 Å². The van der Waals surface area contributed by atoms with Crippen molar-refractivity contribution in [1.29, 1.82) is 5.41 Å². The van der Waals surface area contributed by atoms with Crippen LogP contribution in [-0.2, 0) is 0 Å². The molecule has 0 atom stereocenters. The fraction of sp³-hybridized carbons (Fsp3) is 0.